The number of hydrogen-bond donors (Lipinski definition) is 2. The lowest BCUT2D eigenvalue weighted by atomic mass is 10.1. The van der Waals surface area contributed by atoms with Gasteiger partial charge < -0.3 is 10.2 Å². The van der Waals surface area contributed by atoms with Gasteiger partial charge in [0.1, 0.15) is 0 Å². The Balaban J connectivity index is 2.93. The Kier molecular flexibility index (Phi) is 3.38. The minimum absolute atomic E-state index is 0.144. The fourth-order valence-corrected chi connectivity index (χ4v) is 1.11. The number of pyridine rings is 1. The maximum Gasteiger partial charge on any atom is 0.306 e. The number of nitrogens with zero attached hydrogens (tertiary/aromatic N) is 1. The van der Waals surface area contributed by atoms with Gasteiger partial charge in [0.2, 0.25) is 5.95 Å². The molecular formula is C8H7ClFNO3. The molecule has 1 rings (SSSR count). The Morgan fingerprint density at radius 1 is 1.71 bits per heavy atom. The molecule has 0 aliphatic carbocycles. The van der Waals surface area contributed by atoms with Crippen molar-refractivity contribution in [2.75, 3.05) is 0 Å². The summed E-state index contributed by atoms with van der Waals surface area (Å²) in [5, 5.41) is 17.8. The standard InChI is InChI=1S/C8H7ClFNO3/c9-4-1-5(8(10)11-3-4)6(12)2-7(13)14/h1,3,6,12H,2H2,(H,13,14). The van der Waals surface area contributed by atoms with E-state index in [1.807, 2.05) is 0 Å². The van der Waals surface area contributed by atoms with Crippen LogP contribution in [0.5, 0.6) is 0 Å². The maximum atomic E-state index is 12.9. The summed E-state index contributed by atoms with van der Waals surface area (Å²) < 4.78 is 12.9. The van der Waals surface area contributed by atoms with Gasteiger partial charge in [0.25, 0.3) is 0 Å². The number of carboxylic acids is 1. The largest absolute Gasteiger partial charge is 0.481 e. The molecular weight excluding hydrogens is 213 g/mol. The number of carbonyl (C=O) groups is 1. The molecule has 0 aliphatic rings. The fraction of sp³-hybridized carbons (Fsp3) is 0.250. The van der Waals surface area contributed by atoms with E-state index in [4.69, 9.17) is 16.7 Å². The van der Waals surface area contributed by atoms with Crippen LogP contribution in [0.4, 0.5) is 4.39 Å². The molecule has 0 saturated heterocycles. The molecule has 0 fully saturated rings. The molecule has 0 aliphatic heterocycles. The van der Waals surface area contributed by atoms with Gasteiger partial charge in [-0.3, -0.25) is 4.79 Å². The summed E-state index contributed by atoms with van der Waals surface area (Å²) in [6.07, 6.45) is -0.939. The molecule has 6 heteroatoms. The Morgan fingerprint density at radius 3 is 2.93 bits per heavy atom. The van der Waals surface area contributed by atoms with E-state index < -0.39 is 24.4 Å². The number of hydrogen-bond acceptors (Lipinski definition) is 3. The van der Waals surface area contributed by atoms with Crippen LogP contribution in [0.2, 0.25) is 5.02 Å². The normalized spacial score (nSPS) is 12.5. The van der Waals surface area contributed by atoms with Crippen molar-refractivity contribution in [2.24, 2.45) is 0 Å². The van der Waals surface area contributed by atoms with Crippen molar-refractivity contribution in [3.63, 3.8) is 0 Å². The van der Waals surface area contributed by atoms with Gasteiger partial charge >= 0.3 is 5.97 Å². The van der Waals surface area contributed by atoms with E-state index >= 15 is 0 Å². The summed E-state index contributed by atoms with van der Waals surface area (Å²) in [4.78, 5) is 13.5. The minimum Gasteiger partial charge on any atom is -0.481 e. The maximum absolute atomic E-state index is 12.9. The zero-order chi connectivity index (χ0) is 10.7. The van der Waals surface area contributed by atoms with Crippen molar-refractivity contribution in [3.05, 3.63) is 28.8 Å². The summed E-state index contributed by atoms with van der Waals surface area (Å²) in [5.41, 5.74) is -0.208. The number of halogens is 2. The average molecular weight is 220 g/mol. The summed E-state index contributed by atoms with van der Waals surface area (Å²) in [6, 6.07) is 1.15. The van der Waals surface area contributed by atoms with Crippen molar-refractivity contribution >= 4 is 17.6 Å². The second-order valence-corrected chi connectivity index (χ2v) is 3.08. The molecule has 0 radical (unpaired) electrons. The predicted molar refractivity (Wildman–Crippen MR) is 46.4 cm³/mol. The lowest BCUT2D eigenvalue weighted by Crippen LogP contribution is -2.08. The number of aliphatic hydroxyl groups excluding tert-OH is 1. The third-order valence-electron chi connectivity index (χ3n) is 1.56. The van der Waals surface area contributed by atoms with Crippen molar-refractivity contribution in [2.45, 2.75) is 12.5 Å². The van der Waals surface area contributed by atoms with Gasteiger partial charge in [-0.15, -0.1) is 0 Å². The Bertz CT molecular complexity index is 358. The first-order chi connectivity index (χ1) is 6.50. The molecule has 0 bridgehead atoms. The number of carboxylic acid groups (broad SMARTS) is 1. The van der Waals surface area contributed by atoms with E-state index in [1.165, 1.54) is 0 Å². The van der Waals surface area contributed by atoms with Gasteiger partial charge in [0.15, 0.2) is 0 Å². The first-order valence-electron chi connectivity index (χ1n) is 3.71. The fourth-order valence-electron chi connectivity index (χ4n) is 0.947. The average Bonchev–Trinajstić information content (AvgIpc) is 2.08. The number of rotatable bonds is 3. The van der Waals surface area contributed by atoms with Crippen LogP contribution in [0, 0.1) is 5.95 Å². The monoisotopic (exact) mass is 219 g/mol. The van der Waals surface area contributed by atoms with E-state index in [2.05, 4.69) is 4.98 Å². The van der Waals surface area contributed by atoms with E-state index in [0.717, 1.165) is 12.3 Å². The van der Waals surface area contributed by atoms with Gasteiger partial charge in [-0.25, -0.2) is 4.98 Å². The van der Waals surface area contributed by atoms with Crippen LogP contribution in [0.25, 0.3) is 0 Å². The zero-order valence-corrected chi connectivity index (χ0v) is 7.70. The van der Waals surface area contributed by atoms with Gasteiger partial charge in [-0.1, -0.05) is 11.6 Å². The zero-order valence-electron chi connectivity index (χ0n) is 6.94. The van der Waals surface area contributed by atoms with Crippen LogP contribution >= 0.6 is 11.6 Å². The second kappa shape index (κ2) is 4.34. The van der Waals surface area contributed by atoms with Gasteiger partial charge in [0.05, 0.1) is 17.5 Å². The molecule has 1 atom stereocenters. The number of aliphatic carboxylic acids is 1. The van der Waals surface area contributed by atoms with Crippen LogP contribution in [0.15, 0.2) is 12.3 Å². The van der Waals surface area contributed by atoms with E-state index in [-0.39, 0.29) is 10.6 Å². The van der Waals surface area contributed by atoms with Crippen molar-refractivity contribution in [1.29, 1.82) is 0 Å². The lowest BCUT2D eigenvalue weighted by molar-refractivity contribution is -0.139. The quantitative estimate of drug-likeness (QED) is 0.754. The van der Waals surface area contributed by atoms with E-state index in [1.54, 1.807) is 0 Å². The van der Waals surface area contributed by atoms with Crippen molar-refractivity contribution in [3.8, 4) is 0 Å². The van der Waals surface area contributed by atoms with Crippen LogP contribution in [0.1, 0.15) is 18.1 Å². The first kappa shape index (κ1) is 10.9. The van der Waals surface area contributed by atoms with Crippen molar-refractivity contribution in [1.82, 2.24) is 4.98 Å². The summed E-state index contributed by atoms with van der Waals surface area (Å²) in [5.74, 6) is -2.14. The predicted octanol–water partition coefficient (Wildman–Crippen LogP) is 1.38. The Hall–Kier alpha value is -1.20. The smallest absolute Gasteiger partial charge is 0.306 e. The summed E-state index contributed by atoms with van der Waals surface area (Å²) in [7, 11) is 0. The summed E-state index contributed by atoms with van der Waals surface area (Å²) in [6.45, 7) is 0. The molecule has 0 amide bonds. The molecule has 0 saturated carbocycles. The highest BCUT2D eigenvalue weighted by molar-refractivity contribution is 6.30. The van der Waals surface area contributed by atoms with Gasteiger partial charge in [-0.05, 0) is 6.07 Å². The number of aromatic nitrogens is 1. The molecule has 1 aromatic heterocycles. The summed E-state index contributed by atoms with van der Waals surface area (Å²) >= 11 is 5.51. The molecule has 0 aromatic carbocycles. The Labute approximate surface area is 84.0 Å². The SMILES string of the molecule is O=C(O)CC(O)c1cc(Cl)cnc1F. The topological polar surface area (TPSA) is 70.4 Å². The highest BCUT2D eigenvalue weighted by Crippen LogP contribution is 2.21. The first-order valence-corrected chi connectivity index (χ1v) is 4.09. The van der Waals surface area contributed by atoms with E-state index in [0.29, 0.717) is 0 Å². The van der Waals surface area contributed by atoms with Gasteiger partial charge in [-0.2, -0.15) is 4.39 Å². The molecule has 2 N–H and O–H groups in total. The molecule has 0 spiro atoms. The van der Waals surface area contributed by atoms with Crippen LogP contribution in [-0.4, -0.2) is 21.2 Å². The molecule has 1 aromatic rings. The van der Waals surface area contributed by atoms with Crippen molar-refractivity contribution < 1.29 is 19.4 Å². The third-order valence-corrected chi connectivity index (χ3v) is 1.77. The van der Waals surface area contributed by atoms with E-state index in [9.17, 15) is 14.3 Å². The molecule has 14 heavy (non-hydrogen) atoms. The molecule has 4 nitrogen and oxygen atoms in total. The highest BCUT2D eigenvalue weighted by Gasteiger charge is 2.17. The third kappa shape index (κ3) is 2.65. The molecule has 1 heterocycles. The Morgan fingerprint density at radius 2 is 2.36 bits per heavy atom. The lowest BCUT2D eigenvalue weighted by Gasteiger charge is -2.08. The van der Waals surface area contributed by atoms with Gasteiger partial charge in [0, 0.05) is 11.8 Å². The van der Waals surface area contributed by atoms with Crippen LogP contribution in [-0.2, 0) is 4.79 Å². The van der Waals surface area contributed by atoms with Crippen LogP contribution in [0.3, 0.4) is 0 Å². The highest BCUT2D eigenvalue weighted by atomic mass is 35.5. The molecule has 1 unspecified atom stereocenters. The second-order valence-electron chi connectivity index (χ2n) is 2.65. The van der Waals surface area contributed by atoms with Crippen LogP contribution < -0.4 is 0 Å². The molecule has 76 valence electrons. The minimum atomic E-state index is -1.43. The number of aliphatic hydroxyl groups is 1.